The molecule has 6 nitrogen and oxygen atoms in total. The maximum atomic E-state index is 5.95. The Morgan fingerprint density at radius 2 is 2.11 bits per heavy atom. The molecule has 1 saturated carbocycles. The summed E-state index contributed by atoms with van der Waals surface area (Å²) in [6.07, 6.45) is 3.11. The predicted molar refractivity (Wildman–Crippen MR) is 71.7 cm³/mol. The summed E-state index contributed by atoms with van der Waals surface area (Å²) >= 11 is 0. The van der Waals surface area contributed by atoms with Crippen molar-refractivity contribution in [1.29, 1.82) is 0 Å². The van der Waals surface area contributed by atoms with Gasteiger partial charge < -0.3 is 15.2 Å². The summed E-state index contributed by atoms with van der Waals surface area (Å²) in [5, 5.41) is 4.20. The van der Waals surface area contributed by atoms with E-state index in [0.29, 0.717) is 12.0 Å². The third-order valence-electron chi connectivity index (χ3n) is 4.43. The molecule has 2 aliphatic rings. The highest BCUT2D eigenvalue weighted by molar-refractivity contribution is 5.03. The third-order valence-corrected chi connectivity index (χ3v) is 4.43. The van der Waals surface area contributed by atoms with E-state index in [0.717, 1.165) is 50.6 Å². The second-order valence-electron chi connectivity index (χ2n) is 6.02. The summed E-state index contributed by atoms with van der Waals surface area (Å²) in [6.45, 7) is 3.09. The number of rotatable bonds is 2. The van der Waals surface area contributed by atoms with E-state index in [9.17, 15) is 0 Å². The Hall–Kier alpha value is -0.980. The fourth-order valence-electron chi connectivity index (χ4n) is 3.08. The van der Waals surface area contributed by atoms with E-state index in [1.165, 1.54) is 0 Å². The van der Waals surface area contributed by atoms with Gasteiger partial charge in [0.2, 0.25) is 5.89 Å². The molecule has 0 amide bonds. The van der Waals surface area contributed by atoms with Gasteiger partial charge in [0.1, 0.15) is 0 Å². The summed E-state index contributed by atoms with van der Waals surface area (Å²) in [5.74, 6) is 1.97. The maximum Gasteiger partial charge on any atom is 0.229 e. The Balaban J connectivity index is 1.73. The van der Waals surface area contributed by atoms with Crippen LogP contribution in [0, 0.1) is 0 Å². The minimum Gasteiger partial charge on any atom is -0.339 e. The Morgan fingerprint density at radius 3 is 2.84 bits per heavy atom. The SMILES string of the molecule is CN1CCN(C)C(c2noc(C3CCC(N)C3)n2)C1. The van der Waals surface area contributed by atoms with Crippen LogP contribution in [0.2, 0.25) is 0 Å². The quantitative estimate of drug-likeness (QED) is 0.843. The molecule has 6 heteroatoms. The first-order valence-corrected chi connectivity index (χ1v) is 7.11. The van der Waals surface area contributed by atoms with Gasteiger partial charge in [-0.25, -0.2) is 0 Å². The largest absolute Gasteiger partial charge is 0.339 e. The van der Waals surface area contributed by atoms with Crippen LogP contribution in [0.3, 0.4) is 0 Å². The second kappa shape index (κ2) is 5.19. The average Bonchev–Trinajstić information content (AvgIpc) is 3.00. The molecule has 1 aliphatic carbocycles. The Bertz CT molecular complexity index is 434. The molecule has 2 heterocycles. The van der Waals surface area contributed by atoms with Crippen LogP contribution >= 0.6 is 0 Å². The number of hydrogen-bond acceptors (Lipinski definition) is 6. The summed E-state index contributed by atoms with van der Waals surface area (Å²) < 4.78 is 5.47. The molecule has 1 aliphatic heterocycles. The van der Waals surface area contributed by atoms with Gasteiger partial charge in [-0.15, -0.1) is 0 Å². The first kappa shape index (κ1) is 13.0. The van der Waals surface area contributed by atoms with Gasteiger partial charge in [0.05, 0.1) is 6.04 Å². The highest BCUT2D eigenvalue weighted by atomic mass is 16.5. The summed E-state index contributed by atoms with van der Waals surface area (Å²) in [6, 6.07) is 0.537. The van der Waals surface area contributed by atoms with Crippen LogP contribution in [-0.2, 0) is 0 Å². The molecule has 1 aromatic rings. The number of piperazine rings is 1. The van der Waals surface area contributed by atoms with Crippen LogP contribution in [0.4, 0.5) is 0 Å². The van der Waals surface area contributed by atoms with Crippen molar-refractivity contribution in [3.8, 4) is 0 Å². The fourth-order valence-corrected chi connectivity index (χ4v) is 3.08. The molecular weight excluding hydrogens is 242 g/mol. The van der Waals surface area contributed by atoms with Crippen molar-refractivity contribution in [3.63, 3.8) is 0 Å². The lowest BCUT2D eigenvalue weighted by molar-refractivity contribution is 0.108. The number of aromatic nitrogens is 2. The van der Waals surface area contributed by atoms with Gasteiger partial charge >= 0.3 is 0 Å². The molecular formula is C13H23N5O. The Labute approximate surface area is 113 Å². The fraction of sp³-hybridized carbons (Fsp3) is 0.846. The summed E-state index contributed by atoms with van der Waals surface area (Å²) in [7, 11) is 4.26. The van der Waals surface area contributed by atoms with E-state index < -0.39 is 0 Å². The normalized spacial score (nSPS) is 33.9. The maximum absolute atomic E-state index is 5.95. The topological polar surface area (TPSA) is 71.4 Å². The van der Waals surface area contributed by atoms with Crippen molar-refractivity contribution < 1.29 is 4.52 Å². The molecule has 106 valence electrons. The lowest BCUT2D eigenvalue weighted by Gasteiger charge is -2.35. The minimum atomic E-state index is 0.242. The molecule has 0 radical (unpaired) electrons. The molecule has 3 rings (SSSR count). The van der Waals surface area contributed by atoms with Crippen molar-refractivity contribution in [3.05, 3.63) is 11.7 Å². The van der Waals surface area contributed by atoms with Gasteiger partial charge in [-0.2, -0.15) is 4.98 Å². The predicted octanol–water partition coefficient (Wildman–Crippen LogP) is 0.583. The van der Waals surface area contributed by atoms with Crippen LogP contribution in [-0.4, -0.2) is 59.7 Å². The standard InChI is InChI=1S/C13H23N5O/c1-17-5-6-18(2)11(8-17)12-15-13(19-16-12)9-3-4-10(14)7-9/h9-11H,3-8,14H2,1-2H3. The number of hydrogen-bond donors (Lipinski definition) is 1. The molecule has 3 atom stereocenters. The molecule has 0 aromatic carbocycles. The van der Waals surface area contributed by atoms with Crippen LogP contribution < -0.4 is 5.73 Å². The Morgan fingerprint density at radius 1 is 1.26 bits per heavy atom. The molecule has 2 N–H and O–H groups in total. The Kier molecular flexibility index (Phi) is 3.56. The summed E-state index contributed by atoms with van der Waals surface area (Å²) in [4.78, 5) is 9.25. The van der Waals surface area contributed by atoms with Crippen LogP contribution in [0.1, 0.15) is 42.9 Å². The van der Waals surface area contributed by atoms with Gasteiger partial charge in [-0.1, -0.05) is 5.16 Å². The van der Waals surface area contributed by atoms with E-state index in [1.807, 2.05) is 0 Å². The molecule has 3 unspecified atom stereocenters. The zero-order valence-corrected chi connectivity index (χ0v) is 11.7. The van der Waals surface area contributed by atoms with Gasteiger partial charge in [0.25, 0.3) is 0 Å². The van der Waals surface area contributed by atoms with E-state index >= 15 is 0 Å². The average molecular weight is 265 g/mol. The summed E-state index contributed by atoms with van der Waals surface area (Å²) in [5.41, 5.74) is 5.95. The van der Waals surface area contributed by atoms with Crippen LogP contribution in [0.25, 0.3) is 0 Å². The van der Waals surface area contributed by atoms with E-state index in [-0.39, 0.29) is 6.04 Å². The van der Waals surface area contributed by atoms with E-state index in [2.05, 4.69) is 34.0 Å². The third kappa shape index (κ3) is 2.66. The lowest BCUT2D eigenvalue weighted by Crippen LogP contribution is -2.45. The van der Waals surface area contributed by atoms with Crippen molar-refractivity contribution in [2.75, 3.05) is 33.7 Å². The molecule has 1 aromatic heterocycles. The molecule has 2 fully saturated rings. The number of nitrogens with two attached hydrogens (primary N) is 1. The zero-order chi connectivity index (χ0) is 13.4. The zero-order valence-electron chi connectivity index (χ0n) is 11.7. The monoisotopic (exact) mass is 265 g/mol. The molecule has 0 bridgehead atoms. The first-order valence-electron chi connectivity index (χ1n) is 7.11. The van der Waals surface area contributed by atoms with Gasteiger partial charge in [-0.3, -0.25) is 4.90 Å². The number of likely N-dealkylation sites (N-methyl/N-ethyl adjacent to an activating group) is 2. The van der Waals surface area contributed by atoms with Crippen LogP contribution in [0.5, 0.6) is 0 Å². The minimum absolute atomic E-state index is 0.242. The second-order valence-corrected chi connectivity index (χ2v) is 6.02. The highest BCUT2D eigenvalue weighted by Crippen LogP contribution is 2.33. The van der Waals surface area contributed by atoms with Gasteiger partial charge in [-0.05, 0) is 33.4 Å². The van der Waals surface area contributed by atoms with Crippen molar-refractivity contribution in [2.45, 2.75) is 37.3 Å². The van der Waals surface area contributed by atoms with Crippen LogP contribution in [0.15, 0.2) is 4.52 Å². The van der Waals surface area contributed by atoms with Gasteiger partial charge in [0, 0.05) is 31.6 Å². The lowest BCUT2D eigenvalue weighted by atomic mass is 10.1. The first-order chi connectivity index (χ1) is 9.13. The molecule has 1 saturated heterocycles. The van der Waals surface area contributed by atoms with Crippen molar-refractivity contribution >= 4 is 0 Å². The molecule has 0 spiro atoms. The van der Waals surface area contributed by atoms with Crippen molar-refractivity contribution in [2.24, 2.45) is 5.73 Å². The van der Waals surface area contributed by atoms with E-state index in [1.54, 1.807) is 0 Å². The molecule has 19 heavy (non-hydrogen) atoms. The van der Waals surface area contributed by atoms with Crippen molar-refractivity contribution in [1.82, 2.24) is 19.9 Å². The smallest absolute Gasteiger partial charge is 0.229 e. The van der Waals surface area contributed by atoms with Gasteiger partial charge in [0.15, 0.2) is 5.82 Å². The van der Waals surface area contributed by atoms with E-state index in [4.69, 9.17) is 10.3 Å². The number of nitrogens with zero attached hydrogens (tertiary/aromatic N) is 4. The highest BCUT2D eigenvalue weighted by Gasteiger charge is 2.31.